The summed E-state index contributed by atoms with van der Waals surface area (Å²) in [5.41, 5.74) is -0.562. The van der Waals surface area contributed by atoms with Gasteiger partial charge < -0.3 is 4.74 Å². The maximum atomic E-state index is 12.6. The van der Waals surface area contributed by atoms with Gasteiger partial charge in [-0.15, -0.1) is 0 Å². The minimum atomic E-state index is -4.51. The molecule has 22 heavy (non-hydrogen) atoms. The Hall–Kier alpha value is -2.90. The molecular weight excluding hydrogens is 299 g/mol. The Balaban J connectivity index is 1.89. The predicted molar refractivity (Wildman–Crippen MR) is 69.4 cm³/mol. The summed E-state index contributed by atoms with van der Waals surface area (Å²) in [5, 5.41) is 3.91. The minimum Gasteiger partial charge on any atom is -0.423 e. The molecule has 0 bridgehead atoms. The maximum absolute atomic E-state index is 12.6. The number of esters is 1. The number of halogens is 3. The second-order valence-electron chi connectivity index (χ2n) is 4.36. The molecule has 5 nitrogen and oxygen atoms in total. The van der Waals surface area contributed by atoms with E-state index in [0.717, 1.165) is 12.1 Å². The third-order valence-electron chi connectivity index (χ3n) is 2.87. The average Bonchev–Trinajstić information content (AvgIpc) is 2.90. The summed E-state index contributed by atoms with van der Waals surface area (Å²) in [7, 11) is 0. The van der Waals surface area contributed by atoms with E-state index in [1.54, 1.807) is 12.3 Å². The van der Waals surface area contributed by atoms with E-state index in [-0.39, 0.29) is 17.0 Å². The normalized spacial score (nSPS) is 11.6. The fraction of sp³-hybridized carbons (Fsp3) is 0.0714. The third-order valence-corrected chi connectivity index (χ3v) is 2.87. The van der Waals surface area contributed by atoms with E-state index in [4.69, 9.17) is 4.74 Å². The van der Waals surface area contributed by atoms with Crippen LogP contribution < -0.4 is 4.74 Å². The van der Waals surface area contributed by atoms with Gasteiger partial charge in [0.05, 0.1) is 11.8 Å². The van der Waals surface area contributed by atoms with Gasteiger partial charge in [-0.25, -0.2) is 14.3 Å². The van der Waals surface area contributed by atoms with Gasteiger partial charge in [0, 0.05) is 12.4 Å². The number of ether oxygens (including phenoxy) is 1. The zero-order valence-corrected chi connectivity index (χ0v) is 10.9. The van der Waals surface area contributed by atoms with Crippen LogP contribution >= 0.6 is 0 Å². The lowest BCUT2D eigenvalue weighted by molar-refractivity contribution is -0.137. The quantitative estimate of drug-likeness (QED) is 0.539. The summed E-state index contributed by atoms with van der Waals surface area (Å²) < 4.78 is 44.2. The number of fused-ring (bicyclic) bond motifs is 1. The summed E-state index contributed by atoms with van der Waals surface area (Å²) >= 11 is 0. The summed E-state index contributed by atoms with van der Waals surface area (Å²) in [5.74, 6) is -1.02. The number of hydrogen-bond donors (Lipinski definition) is 0. The molecule has 2 heterocycles. The van der Waals surface area contributed by atoms with Crippen LogP contribution in [0.15, 0.2) is 48.9 Å². The van der Waals surface area contributed by atoms with Gasteiger partial charge in [0.2, 0.25) is 0 Å². The Labute approximate surface area is 122 Å². The van der Waals surface area contributed by atoms with Crippen LogP contribution in [0.2, 0.25) is 0 Å². The maximum Gasteiger partial charge on any atom is 0.416 e. The first-order chi connectivity index (χ1) is 10.4. The van der Waals surface area contributed by atoms with E-state index < -0.39 is 17.7 Å². The van der Waals surface area contributed by atoms with Crippen LogP contribution in [0.1, 0.15) is 15.9 Å². The van der Waals surface area contributed by atoms with Crippen LogP contribution in [-0.2, 0) is 6.18 Å². The molecule has 0 spiro atoms. The Bertz CT molecular complexity index is 842. The second kappa shape index (κ2) is 5.14. The SMILES string of the molecule is O=C(Oc1cccc(C(F)(F)F)c1)c1cnn2cccnc12. The van der Waals surface area contributed by atoms with Crippen LogP contribution in [0.25, 0.3) is 5.65 Å². The molecule has 3 aromatic rings. The average molecular weight is 307 g/mol. The largest absolute Gasteiger partial charge is 0.423 e. The van der Waals surface area contributed by atoms with Crippen molar-refractivity contribution in [2.24, 2.45) is 0 Å². The first kappa shape index (κ1) is 14.1. The number of hydrogen-bond acceptors (Lipinski definition) is 4. The highest BCUT2D eigenvalue weighted by molar-refractivity contribution is 5.96. The highest BCUT2D eigenvalue weighted by atomic mass is 19.4. The van der Waals surface area contributed by atoms with Crippen LogP contribution in [0.5, 0.6) is 5.75 Å². The molecule has 3 rings (SSSR count). The van der Waals surface area contributed by atoms with Gasteiger partial charge in [-0.2, -0.15) is 18.3 Å². The molecule has 0 aliphatic rings. The standard InChI is InChI=1S/C14H8F3N3O2/c15-14(16,17)9-3-1-4-10(7-9)22-13(21)11-8-19-20-6-2-5-18-12(11)20/h1-8H. The molecule has 0 amide bonds. The number of aromatic nitrogens is 3. The summed E-state index contributed by atoms with van der Waals surface area (Å²) in [6, 6.07) is 5.72. The Morgan fingerprint density at radius 1 is 1.23 bits per heavy atom. The predicted octanol–water partition coefficient (Wildman–Crippen LogP) is 2.97. The van der Waals surface area contributed by atoms with Crippen molar-refractivity contribution in [3.8, 4) is 5.75 Å². The molecule has 0 atom stereocenters. The lowest BCUT2D eigenvalue weighted by Gasteiger charge is -2.08. The number of rotatable bonds is 2. The molecule has 2 aromatic heterocycles. The molecule has 0 unspecified atom stereocenters. The lowest BCUT2D eigenvalue weighted by Crippen LogP contribution is -2.10. The monoisotopic (exact) mass is 307 g/mol. The molecule has 112 valence electrons. The Kier molecular flexibility index (Phi) is 3.28. The fourth-order valence-electron chi connectivity index (χ4n) is 1.87. The summed E-state index contributed by atoms with van der Waals surface area (Å²) in [6.07, 6.45) is -0.200. The molecular formula is C14H8F3N3O2. The molecule has 0 N–H and O–H groups in total. The topological polar surface area (TPSA) is 56.5 Å². The van der Waals surface area contributed by atoms with E-state index in [1.165, 1.54) is 29.0 Å². The van der Waals surface area contributed by atoms with Gasteiger partial charge in [-0.05, 0) is 24.3 Å². The first-order valence-corrected chi connectivity index (χ1v) is 6.13. The van der Waals surface area contributed by atoms with Crippen molar-refractivity contribution < 1.29 is 22.7 Å². The number of carbonyl (C=O) groups is 1. The van der Waals surface area contributed by atoms with Crippen LogP contribution in [0, 0.1) is 0 Å². The van der Waals surface area contributed by atoms with Crippen LogP contribution in [0.3, 0.4) is 0 Å². The van der Waals surface area contributed by atoms with Gasteiger partial charge in [-0.1, -0.05) is 6.07 Å². The zero-order valence-electron chi connectivity index (χ0n) is 10.9. The van der Waals surface area contributed by atoms with Crippen molar-refractivity contribution in [3.63, 3.8) is 0 Å². The van der Waals surface area contributed by atoms with E-state index in [0.29, 0.717) is 0 Å². The highest BCUT2D eigenvalue weighted by Crippen LogP contribution is 2.31. The second-order valence-corrected chi connectivity index (χ2v) is 4.36. The number of benzene rings is 1. The molecule has 0 saturated heterocycles. The summed E-state index contributed by atoms with van der Waals surface area (Å²) in [4.78, 5) is 16.0. The van der Waals surface area contributed by atoms with Crippen molar-refractivity contribution in [2.75, 3.05) is 0 Å². The van der Waals surface area contributed by atoms with Crippen molar-refractivity contribution in [3.05, 3.63) is 60.0 Å². The fourth-order valence-corrected chi connectivity index (χ4v) is 1.87. The van der Waals surface area contributed by atoms with Crippen molar-refractivity contribution in [1.82, 2.24) is 14.6 Å². The molecule has 0 radical (unpaired) electrons. The smallest absolute Gasteiger partial charge is 0.416 e. The molecule has 8 heteroatoms. The van der Waals surface area contributed by atoms with E-state index in [2.05, 4.69) is 10.1 Å². The zero-order chi connectivity index (χ0) is 15.7. The Morgan fingerprint density at radius 3 is 2.82 bits per heavy atom. The van der Waals surface area contributed by atoms with Gasteiger partial charge >= 0.3 is 12.1 Å². The number of carbonyl (C=O) groups excluding carboxylic acids is 1. The molecule has 1 aromatic carbocycles. The van der Waals surface area contributed by atoms with Crippen LogP contribution in [-0.4, -0.2) is 20.6 Å². The molecule has 0 saturated carbocycles. The molecule has 0 fully saturated rings. The van der Waals surface area contributed by atoms with Gasteiger partial charge in [-0.3, -0.25) is 0 Å². The van der Waals surface area contributed by atoms with Crippen molar-refractivity contribution in [2.45, 2.75) is 6.18 Å². The van der Waals surface area contributed by atoms with Gasteiger partial charge in [0.15, 0.2) is 5.65 Å². The Morgan fingerprint density at radius 2 is 2.05 bits per heavy atom. The lowest BCUT2D eigenvalue weighted by atomic mass is 10.2. The highest BCUT2D eigenvalue weighted by Gasteiger charge is 2.31. The number of alkyl halides is 3. The van der Waals surface area contributed by atoms with Crippen molar-refractivity contribution in [1.29, 1.82) is 0 Å². The molecule has 0 aliphatic heterocycles. The molecule has 0 aliphatic carbocycles. The van der Waals surface area contributed by atoms with E-state index in [9.17, 15) is 18.0 Å². The van der Waals surface area contributed by atoms with Crippen LogP contribution in [0.4, 0.5) is 13.2 Å². The summed E-state index contributed by atoms with van der Waals surface area (Å²) in [6.45, 7) is 0. The first-order valence-electron chi connectivity index (χ1n) is 6.13. The van der Waals surface area contributed by atoms with E-state index in [1.807, 2.05) is 0 Å². The van der Waals surface area contributed by atoms with Crippen molar-refractivity contribution >= 4 is 11.6 Å². The van der Waals surface area contributed by atoms with Gasteiger partial charge in [0.25, 0.3) is 0 Å². The van der Waals surface area contributed by atoms with E-state index >= 15 is 0 Å². The minimum absolute atomic E-state index is 0.0676. The third kappa shape index (κ3) is 2.62. The number of nitrogens with zero attached hydrogens (tertiary/aromatic N) is 3. The van der Waals surface area contributed by atoms with Gasteiger partial charge in [0.1, 0.15) is 11.3 Å².